The first-order valence-electron chi connectivity index (χ1n) is 9.09. The lowest BCUT2D eigenvalue weighted by atomic mass is 10.1. The van der Waals surface area contributed by atoms with Crippen molar-refractivity contribution in [3.8, 4) is 0 Å². The van der Waals surface area contributed by atoms with Crippen molar-refractivity contribution in [3.63, 3.8) is 0 Å². The maximum Gasteiger partial charge on any atom is 0.416 e. The van der Waals surface area contributed by atoms with Crippen LogP contribution in [0.15, 0.2) is 72.8 Å². The van der Waals surface area contributed by atoms with Gasteiger partial charge in [-0.25, -0.2) is 0 Å². The number of carbonyl (C=O) groups excluding carboxylic acids is 2. The molecule has 0 saturated heterocycles. The van der Waals surface area contributed by atoms with E-state index >= 15 is 0 Å². The van der Waals surface area contributed by atoms with Crippen LogP contribution in [0.1, 0.15) is 26.3 Å². The molecule has 0 spiro atoms. The molecule has 0 unspecified atom stereocenters. The van der Waals surface area contributed by atoms with Crippen LogP contribution >= 0.6 is 34.8 Å². The zero-order valence-corrected chi connectivity index (χ0v) is 19.1. The second kappa shape index (κ2) is 10.1. The van der Waals surface area contributed by atoms with Gasteiger partial charge >= 0.3 is 6.18 Å². The summed E-state index contributed by atoms with van der Waals surface area (Å²) in [6, 6.07) is 17.5. The summed E-state index contributed by atoms with van der Waals surface area (Å²) in [5, 5.41) is 7.94. The van der Waals surface area contributed by atoms with Gasteiger partial charge < -0.3 is 10.6 Å². The van der Waals surface area contributed by atoms with Crippen LogP contribution < -0.4 is 16.0 Å². The number of halogens is 4. The molecule has 3 aromatic rings. The standard InChI is InChI=1S/C22H15F3IN3O2S/c23-22(24,25)14-4-3-5-16(12-14)27-19(30)13-8-10-15(11-9-13)28-21(32)29-20(31)17-6-1-2-7-18(17)26/h1-12H,(H,27,30)(H2,28,29,31,32). The van der Waals surface area contributed by atoms with Gasteiger partial charge in [0.1, 0.15) is 0 Å². The summed E-state index contributed by atoms with van der Waals surface area (Å²) in [4.78, 5) is 24.6. The highest BCUT2D eigenvalue weighted by atomic mass is 127. The smallest absolute Gasteiger partial charge is 0.332 e. The van der Waals surface area contributed by atoms with Crippen LogP contribution in [-0.2, 0) is 6.18 Å². The molecule has 0 radical (unpaired) electrons. The van der Waals surface area contributed by atoms with Crippen molar-refractivity contribution in [2.24, 2.45) is 0 Å². The van der Waals surface area contributed by atoms with E-state index in [1.165, 1.54) is 24.3 Å². The summed E-state index contributed by atoms with van der Waals surface area (Å²) < 4.78 is 39.2. The molecule has 3 N–H and O–H groups in total. The van der Waals surface area contributed by atoms with Gasteiger partial charge in [-0.15, -0.1) is 0 Å². The third-order valence-electron chi connectivity index (χ3n) is 4.20. The van der Waals surface area contributed by atoms with Crippen molar-refractivity contribution in [2.75, 3.05) is 10.6 Å². The Balaban J connectivity index is 1.60. The van der Waals surface area contributed by atoms with Gasteiger partial charge in [-0.3, -0.25) is 14.9 Å². The van der Waals surface area contributed by atoms with Crippen LogP contribution in [-0.4, -0.2) is 16.9 Å². The van der Waals surface area contributed by atoms with Crippen LogP contribution in [0, 0.1) is 3.57 Å². The van der Waals surface area contributed by atoms with Crippen molar-refractivity contribution < 1.29 is 22.8 Å². The lowest BCUT2D eigenvalue weighted by molar-refractivity contribution is -0.137. The Kier molecular flexibility index (Phi) is 7.46. The van der Waals surface area contributed by atoms with Crippen LogP contribution in [0.5, 0.6) is 0 Å². The molecule has 32 heavy (non-hydrogen) atoms. The van der Waals surface area contributed by atoms with Crippen molar-refractivity contribution in [1.29, 1.82) is 0 Å². The number of carbonyl (C=O) groups is 2. The van der Waals surface area contributed by atoms with Gasteiger partial charge in [-0.1, -0.05) is 18.2 Å². The van der Waals surface area contributed by atoms with E-state index in [1.54, 1.807) is 30.3 Å². The second-order valence-corrected chi connectivity index (χ2v) is 8.07. The molecule has 10 heteroatoms. The minimum atomic E-state index is -4.50. The van der Waals surface area contributed by atoms with E-state index in [1.807, 2.05) is 6.07 Å². The minimum Gasteiger partial charge on any atom is -0.332 e. The molecule has 0 aliphatic rings. The first kappa shape index (κ1) is 23.7. The first-order chi connectivity index (χ1) is 15.1. The predicted molar refractivity (Wildman–Crippen MR) is 129 cm³/mol. The molecule has 0 atom stereocenters. The van der Waals surface area contributed by atoms with Gasteiger partial charge in [0, 0.05) is 20.5 Å². The van der Waals surface area contributed by atoms with Gasteiger partial charge in [-0.05, 0) is 89.4 Å². The molecule has 164 valence electrons. The normalized spacial score (nSPS) is 10.9. The first-order valence-corrected chi connectivity index (χ1v) is 10.6. The average molecular weight is 569 g/mol. The van der Waals surface area contributed by atoms with Gasteiger partial charge in [-0.2, -0.15) is 13.2 Å². The van der Waals surface area contributed by atoms with Crippen LogP contribution in [0.2, 0.25) is 0 Å². The molecule has 0 aliphatic heterocycles. The molecular weight excluding hydrogens is 554 g/mol. The Morgan fingerprint density at radius 1 is 0.812 bits per heavy atom. The lowest BCUT2D eigenvalue weighted by Crippen LogP contribution is -2.34. The third-order valence-corrected chi connectivity index (χ3v) is 5.34. The number of thiocarbonyl (C=S) groups is 1. The van der Waals surface area contributed by atoms with Gasteiger partial charge in [0.15, 0.2) is 5.11 Å². The topological polar surface area (TPSA) is 70.2 Å². The fourth-order valence-corrected chi connectivity index (χ4v) is 3.50. The number of anilines is 2. The molecule has 0 aromatic heterocycles. The SMILES string of the molecule is O=C(Nc1cccc(C(F)(F)F)c1)c1ccc(NC(=S)NC(=O)c2ccccc2I)cc1. The Labute approximate surface area is 200 Å². The van der Waals surface area contributed by atoms with Crippen LogP contribution in [0.3, 0.4) is 0 Å². The maximum atomic E-state index is 12.8. The van der Waals surface area contributed by atoms with Crippen LogP contribution in [0.25, 0.3) is 0 Å². The van der Waals surface area contributed by atoms with Crippen molar-refractivity contribution >= 4 is 63.1 Å². The molecule has 0 heterocycles. The quantitative estimate of drug-likeness (QED) is 0.279. The summed E-state index contributed by atoms with van der Waals surface area (Å²) in [6.45, 7) is 0. The summed E-state index contributed by atoms with van der Waals surface area (Å²) in [5.41, 5.74) is 0.427. The van der Waals surface area contributed by atoms with Crippen molar-refractivity contribution in [1.82, 2.24) is 5.32 Å². The Bertz CT molecular complexity index is 1170. The number of hydrogen-bond donors (Lipinski definition) is 3. The fraction of sp³-hybridized carbons (Fsp3) is 0.0455. The Hall–Kier alpha value is -2.99. The van der Waals surface area contributed by atoms with Gasteiger partial charge in [0.25, 0.3) is 11.8 Å². The van der Waals surface area contributed by atoms with Crippen molar-refractivity contribution in [3.05, 3.63) is 93.1 Å². The van der Waals surface area contributed by atoms with E-state index in [9.17, 15) is 22.8 Å². The highest BCUT2D eigenvalue weighted by molar-refractivity contribution is 14.1. The molecule has 5 nitrogen and oxygen atoms in total. The molecule has 0 bridgehead atoms. The number of rotatable bonds is 4. The second-order valence-electron chi connectivity index (χ2n) is 6.50. The van der Waals surface area contributed by atoms with E-state index in [2.05, 4.69) is 38.5 Å². The summed E-state index contributed by atoms with van der Waals surface area (Å²) in [7, 11) is 0. The number of alkyl halides is 3. The zero-order valence-electron chi connectivity index (χ0n) is 16.2. The number of benzene rings is 3. The number of hydrogen-bond acceptors (Lipinski definition) is 3. The maximum absolute atomic E-state index is 12.8. The van der Waals surface area contributed by atoms with Crippen molar-refractivity contribution in [2.45, 2.75) is 6.18 Å². The molecule has 0 aliphatic carbocycles. The lowest BCUT2D eigenvalue weighted by Gasteiger charge is -2.12. The number of nitrogens with one attached hydrogen (secondary N) is 3. The monoisotopic (exact) mass is 569 g/mol. The van der Waals surface area contributed by atoms with Crippen LogP contribution in [0.4, 0.5) is 24.5 Å². The predicted octanol–water partition coefficient (Wildman–Crippen LogP) is 5.69. The zero-order chi connectivity index (χ0) is 23.3. The highest BCUT2D eigenvalue weighted by Gasteiger charge is 2.30. The van der Waals surface area contributed by atoms with E-state index in [0.29, 0.717) is 11.3 Å². The highest BCUT2D eigenvalue weighted by Crippen LogP contribution is 2.30. The molecule has 3 aromatic carbocycles. The fourth-order valence-electron chi connectivity index (χ4n) is 2.66. The van der Waals surface area contributed by atoms with Gasteiger partial charge in [0.05, 0.1) is 11.1 Å². The molecule has 2 amide bonds. The summed E-state index contributed by atoms with van der Waals surface area (Å²) in [5.74, 6) is -0.921. The molecule has 0 saturated carbocycles. The summed E-state index contributed by atoms with van der Waals surface area (Å²) in [6.07, 6.45) is -4.50. The molecular formula is C22H15F3IN3O2S. The van der Waals surface area contributed by atoms with E-state index in [-0.39, 0.29) is 22.3 Å². The van der Waals surface area contributed by atoms with E-state index in [4.69, 9.17) is 12.2 Å². The molecule has 0 fully saturated rings. The largest absolute Gasteiger partial charge is 0.416 e. The van der Waals surface area contributed by atoms with Gasteiger partial charge in [0.2, 0.25) is 0 Å². The van der Waals surface area contributed by atoms with E-state index in [0.717, 1.165) is 15.7 Å². The Morgan fingerprint density at radius 3 is 2.16 bits per heavy atom. The Morgan fingerprint density at radius 2 is 1.50 bits per heavy atom. The average Bonchev–Trinajstić information content (AvgIpc) is 2.74. The number of amides is 2. The molecule has 3 rings (SSSR count). The minimum absolute atomic E-state index is 0.0338. The van der Waals surface area contributed by atoms with E-state index < -0.39 is 17.6 Å². The summed E-state index contributed by atoms with van der Waals surface area (Å²) >= 11 is 7.20. The third kappa shape index (κ3) is 6.26.